The quantitative estimate of drug-likeness (QED) is 0.654. The Kier molecular flexibility index (Phi) is 2.46. The lowest BCUT2D eigenvalue weighted by Crippen LogP contribution is -2.21. The van der Waals surface area contributed by atoms with Gasteiger partial charge in [-0.1, -0.05) is 30.3 Å². The Hall–Kier alpha value is -0.910. The highest BCUT2D eigenvalue weighted by Gasteiger charge is 2.20. The van der Waals surface area contributed by atoms with Crippen LogP contribution in [0.5, 0.6) is 0 Å². The second-order valence-electron chi connectivity index (χ2n) is 2.21. The van der Waals surface area contributed by atoms with Crippen LogP contribution in [0.4, 0.5) is 0 Å². The summed E-state index contributed by atoms with van der Waals surface area (Å²) in [6, 6.07) is 7.99. The molecule has 0 aliphatic heterocycles. The van der Waals surface area contributed by atoms with E-state index in [1.807, 2.05) is 0 Å². The maximum atomic E-state index is 10.5. The fourth-order valence-corrected chi connectivity index (χ4v) is 1.19. The summed E-state index contributed by atoms with van der Waals surface area (Å²) in [6.45, 7) is 0. The number of nitrogens with two attached hydrogens (primary N) is 1. The van der Waals surface area contributed by atoms with Crippen LogP contribution in [0, 0.1) is 5.37 Å². The third-order valence-electron chi connectivity index (χ3n) is 1.34. The van der Waals surface area contributed by atoms with Gasteiger partial charge in [0.15, 0.2) is 0 Å². The Labute approximate surface area is 70.8 Å². The Bertz CT molecular complexity index is 346. The summed E-state index contributed by atoms with van der Waals surface area (Å²) in [7, 11) is -4.26. The fourth-order valence-electron chi connectivity index (χ4n) is 0.751. The molecule has 0 amide bonds. The predicted octanol–water partition coefficient (Wildman–Crippen LogP) is 0.371. The number of hydrogen-bond donors (Lipinski definition) is 2. The molecule has 3 N–H and O–H groups in total. The van der Waals surface area contributed by atoms with Crippen molar-refractivity contribution in [2.24, 2.45) is 5.73 Å². The van der Waals surface area contributed by atoms with Crippen LogP contribution in [0.25, 0.3) is 0 Å². The standard InChI is InChI=1S/C7H8NO3S/c8-7(12(9,10)11)6-4-2-1-3-5-6/h1-5H,8H2,(H,9,10,11). The van der Waals surface area contributed by atoms with E-state index in [1.165, 1.54) is 12.1 Å². The molecule has 1 aromatic rings. The topological polar surface area (TPSA) is 80.4 Å². The molecular weight excluding hydrogens is 178 g/mol. The highest BCUT2D eigenvalue weighted by Crippen LogP contribution is 2.12. The monoisotopic (exact) mass is 186 g/mol. The minimum absolute atomic E-state index is 0.292. The second-order valence-corrected chi connectivity index (χ2v) is 3.60. The minimum atomic E-state index is -4.26. The van der Waals surface area contributed by atoms with E-state index in [1.54, 1.807) is 18.2 Å². The maximum absolute atomic E-state index is 10.5. The molecule has 0 aliphatic carbocycles. The van der Waals surface area contributed by atoms with E-state index < -0.39 is 15.5 Å². The smallest absolute Gasteiger partial charge is 0.291 e. The van der Waals surface area contributed by atoms with Crippen molar-refractivity contribution in [2.45, 2.75) is 0 Å². The molecule has 0 bridgehead atoms. The molecule has 0 aliphatic rings. The molecule has 4 nitrogen and oxygen atoms in total. The molecule has 0 saturated carbocycles. The van der Waals surface area contributed by atoms with Gasteiger partial charge in [-0.05, 0) is 5.56 Å². The molecular formula is C7H8NO3S. The zero-order valence-electron chi connectivity index (χ0n) is 6.14. The highest BCUT2D eigenvalue weighted by molar-refractivity contribution is 7.88. The molecule has 0 saturated heterocycles. The average molecular weight is 186 g/mol. The normalized spacial score (nSPS) is 11.9. The molecule has 0 fully saturated rings. The van der Waals surface area contributed by atoms with Crippen LogP contribution in [0.2, 0.25) is 0 Å². The predicted molar refractivity (Wildman–Crippen MR) is 44.5 cm³/mol. The molecule has 0 unspecified atom stereocenters. The van der Waals surface area contributed by atoms with Crippen molar-refractivity contribution >= 4 is 10.1 Å². The van der Waals surface area contributed by atoms with Gasteiger partial charge in [-0.25, -0.2) is 0 Å². The first kappa shape index (κ1) is 9.18. The highest BCUT2D eigenvalue weighted by atomic mass is 32.2. The summed E-state index contributed by atoms with van der Waals surface area (Å²) in [5, 5.41) is -0.525. The first-order valence-corrected chi connectivity index (χ1v) is 4.61. The Morgan fingerprint density at radius 3 is 2.17 bits per heavy atom. The van der Waals surface area contributed by atoms with Crippen LogP contribution >= 0.6 is 0 Å². The van der Waals surface area contributed by atoms with E-state index in [2.05, 4.69) is 0 Å². The fraction of sp³-hybridized carbons (Fsp3) is 0. The Morgan fingerprint density at radius 2 is 1.75 bits per heavy atom. The first-order chi connectivity index (χ1) is 5.52. The number of benzene rings is 1. The summed E-state index contributed by atoms with van der Waals surface area (Å²) in [5.41, 5.74) is 5.44. The lowest BCUT2D eigenvalue weighted by molar-refractivity contribution is 0.485. The van der Waals surface area contributed by atoms with Gasteiger partial charge >= 0.3 is 0 Å². The van der Waals surface area contributed by atoms with Crippen LogP contribution in [0.3, 0.4) is 0 Å². The molecule has 0 atom stereocenters. The third-order valence-corrected chi connectivity index (χ3v) is 2.13. The average Bonchev–Trinajstić information content (AvgIpc) is 2.03. The van der Waals surface area contributed by atoms with Gasteiger partial charge in [0.25, 0.3) is 10.1 Å². The largest absolute Gasteiger partial charge is 0.304 e. The van der Waals surface area contributed by atoms with Gasteiger partial charge in [-0.2, -0.15) is 8.42 Å². The van der Waals surface area contributed by atoms with Crippen LogP contribution in [0.1, 0.15) is 5.56 Å². The summed E-state index contributed by atoms with van der Waals surface area (Å²) in [4.78, 5) is 0. The SMILES string of the molecule is N[C](c1ccccc1)S(=O)(=O)O. The van der Waals surface area contributed by atoms with Gasteiger partial charge in [0.2, 0.25) is 5.37 Å². The van der Waals surface area contributed by atoms with Crippen LogP contribution < -0.4 is 5.73 Å². The van der Waals surface area contributed by atoms with Gasteiger partial charge in [0, 0.05) is 0 Å². The van der Waals surface area contributed by atoms with Gasteiger partial charge < -0.3 is 5.73 Å². The molecule has 1 radical (unpaired) electrons. The van der Waals surface area contributed by atoms with Crippen molar-refractivity contribution in [3.05, 3.63) is 41.3 Å². The lowest BCUT2D eigenvalue weighted by atomic mass is 10.2. The maximum Gasteiger partial charge on any atom is 0.291 e. The minimum Gasteiger partial charge on any atom is -0.304 e. The Balaban J connectivity index is 3.02. The van der Waals surface area contributed by atoms with E-state index in [0.717, 1.165) is 0 Å². The number of hydrogen-bond acceptors (Lipinski definition) is 3. The zero-order chi connectivity index (χ0) is 9.19. The number of rotatable bonds is 2. The van der Waals surface area contributed by atoms with Crippen LogP contribution in [0.15, 0.2) is 30.3 Å². The van der Waals surface area contributed by atoms with Crippen molar-refractivity contribution in [1.82, 2.24) is 0 Å². The van der Waals surface area contributed by atoms with Gasteiger partial charge in [0.05, 0.1) is 0 Å². The molecule has 0 spiro atoms. The Morgan fingerprint density at radius 1 is 1.25 bits per heavy atom. The summed E-state index contributed by atoms with van der Waals surface area (Å²) >= 11 is 0. The van der Waals surface area contributed by atoms with Gasteiger partial charge in [0.1, 0.15) is 0 Å². The lowest BCUT2D eigenvalue weighted by Gasteiger charge is -2.05. The van der Waals surface area contributed by atoms with Crippen LogP contribution in [-0.2, 0) is 10.1 Å². The molecule has 12 heavy (non-hydrogen) atoms. The van der Waals surface area contributed by atoms with Crippen molar-refractivity contribution in [3.63, 3.8) is 0 Å². The molecule has 0 heterocycles. The van der Waals surface area contributed by atoms with Gasteiger partial charge in [-0.15, -0.1) is 0 Å². The summed E-state index contributed by atoms with van der Waals surface area (Å²) < 4.78 is 29.6. The van der Waals surface area contributed by atoms with E-state index in [0.29, 0.717) is 5.56 Å². The molecule has 5 heteroatoms. The van der Waals surface area contributed by atoms with E-state index >= 15 is 0 Å². The molecule has 65 valence electrons. The summed E-state index contributed by atoms with van der Waals surface area (Å²) in [6.07, 6.45) is 0. The van der Waals surface area contributed by atoms with Crippen molar-refractivity contribution in [1.29, 1.82) is 0 Å². The third kappa shape index (κ3) is 2.04. The van der Waals surface area contributed by atoms with E-state index in [4.69, 9.17) is 10.3 Å². The van der Waals surface area contributed by atoms with Crippen molar-refractivity contribution in [3.8, 4) is 0 Å². The summed E-state index contributed by atoms with van der Waals surface area (Å²) in [5.74, 6) is 0. The second kappa shape index (κ2) is 3.22. The molecule has 1 rings (SSSR count). The molecule has 0 aromatic heterocycles. The zero-order valence-corrected chi connectivity index (χ0v) is 6.95. The van der Waals surface area contributed by atoms with Crippen LogP contribution in [-0.4, -0.2) is 13.0 Å². The van der Waals surface area contributed by atoms with Gasteiger partial charge in [-0.3, -0.25) is 4.55 Å². The van der Waals surface area contributed by atoms with Crippen molar-refractivity contribution < 1.29 is 13.0 Å². The van der Waals surface area contributed by atoms with Crippen molar-refractivity contribution in [2.75, 3.05) is 0 Å². The van der Waals surface area contributed by atoms with E-state index in [9.17, 15) is 8.42 Å². The first-order valence-electron chi connectivity index (χ1n) is 3.17. The molecule has 1 aromatic carbocycles. The van der Waals surface area contributed by atoms with E-state index in [-0.39, 0.29) is 0 Å².